The number of carbonyl (C=O) groups is 1. The van der Waals surface area contributed by atoms with E-state index in [1.807, 2.05) is 12.1 Å². The van der Waals surface area contributed by atoms with E-state index in [1.54, 1.807) is 13.3 Å². The fraction of sp³-hybridized carbons (Fsp3) is 0.360. The number of benzene rings is 2. The van der Waals surface area contributed by atoms with Crippen molar-refractivity contribution in [1.29, 1.82) is 0 Å². The van der Waals surface area contributed by atoms with Crippen LogP contribution in [0, 0.1) is 5.92 Å². The Balaban J connectivity index is 1.33. The Kier molecular flexibility index (Phi) is 6.29. The van der Waals surface area contributed by atoms with Crippen LogP contribution in [0.2, 0.25) is 0 Å². The molecule has 1 N–H and O–H groups in total. The van der Waals surface area contributed by atoms with Crippen molar-refractivity contribution in [1.82, 2.24) is 15.2 Å². The lowest BCUT2D eigenvalue weighted by molar-refractivity contribution is -0.126. The maximum atomic E-state index is 12.7. The number of nitrogens with zero attached hydrogens (tertiary/aromatic N) is 2. The van der Waals surface area contributed by atoms with Gasteiger partial charge in [-0.1, -0.05) is 42.5 Å². The van der Waals surface area contributed by atoms with Gasteiger partial charge in [0.2, 0.25) is 11.8 Å². The summed E-state index contributed by atoms with van der Waals surface area (Å²) in [5.74, 6) is 0.783. The molecule has 1 atom stereocenters. The number of amides is 1. The SMILES string of the molecule is COc1cc(CNC(=O)C2CCN([C@H](C)c3cccc4ccccc34)CC2)ccn1. The fourth-order valence-electron chi connectivity index (χ4n) is 4.37. The summed E-state index contributed by atoms with van der Waals surface area (Å²) in [5.41, 5.74) is 2.36. The Labute approximate surface area is 178 Å². The van der Waals surface area contributed by atoms with Gasteiger partial charge >= 0.3 is 0 Å². The molecule has 30 heavy (non-hydrogen) atoms. The smallest absolute Gasteiger partial charge is 0.223 e. The van der Waals surface area contributed by atoms with E-state index in [9.17, 15) is 4.79 Å². The first-order chi connectivity index (χ1) is 14.7. The predicted molar refractivity (Wildman–Crippen MR) is 119 cm³/mol. The average molecular weight is 404 g/mol. The number of pyridine rings is 1. The highest BCUT2D eigenvalue weighted by atomic mass is 16.5. The molecule has 5 nitrogen and oxygen atoms in total. The van der Waals surface area contributed by atoms with Crippen LogP contribution in [0.15, 0.2) is 60.8 Å². The third kappa shape index (κ3) is 4.46. The zero-order valence-electron chi connectivity index (χ0n) is 17.7. The normalized spacial score (nSPS) is 16.3. The summed E-state index contributed by atoms with van der Waals surface area (Å²) >= 11 is 0. The lowest BCUT2D eigenvalue weighted by atomic mass is 9.92. The summed E-state index contributed by atoms with van der Waals surface area (Å²) in [6.45, 7) is 4.65. The van der Waals surface area contributed by atoms with E-state index < -0.39 is 0 Å². The van der Waals surface area contributed by atoms with E-state index >= 15 is 0 Å². The van der Waals surface area contributed by atoms with Crippen LogP contribution in [0.25, 0.3) is 10.8 Å². The summed E-state index contributed by atoms with van der Waals surface area (Å²) < 4.78 is 5.15. The number of piperidine rings is 1. The van der Waals surface area contributed by atoms with Gasteiger partial charge in [-0.2, -0.15) is 0 Å². The molecule has 0 bridgehead atoms. The van der Waals surface area contributed by atoms with Gasteiger partial charge in [-0.15, -0.1) is 0 Å². The molecule has 4 rings (SSSR count). The topological polar surface area (TPSA) is 54.5 Å². The standard InChI is InChI=1S/C25H29N3O2/c1-18(22-9-5-7-20-6-3-4-8-23(20)22)28-14-11-21(12-15-28)25(29)27-17-19-10-13-26-24(16-19)30-2/h3-10,13,16,18,21H,11-12,14-15,17H2,1-2H3,(H,27,29)/t18-/m1/s1. The Hall–Kier alpha value is -2.92. The highest BCUT2D eigenvalue weighted by molar-refractivity contribution is 5.86. The minimum Gasteiger partial charge on any atom is -0.481 e. The second-order valence-electron chi connectivity index (χ2n) is 7.98. The van der Waals surface area contributed by atoms with Crippen molar-refractivity contribution in [3.63, 3.8) is 0 Å². The average Bonchev–Trinajstić information content (AvgIpc) is 2.82. The maximum absolute atomic E-state index is 12.7. The first kappa shape index (κ1) is 20.4. The second kappa shape index (κ2) is 9.26. The second-order valence-corrected chi connectivity index (χ2v) is 7.98. The summed E-state index contributed by atoms with van der Waals surface area (Å²) in [6.07, 6.45) is 3.48. The van der Waals surface area contributed by atoms with Crippen molar-refractivity contribution in [2.45, 2.75) is 32.4 Å². The van der Waals surface area contributed by atoms with Gasteiger partial charge in [-0.25, -0.2) is 4.98 Å². The van der Waals surface area contributed by atoms with Crippen LogP contribution >= 0.6 is 0 Å². The highest BCUT2D eigenvalue weighted by Gasteiger charge is 2.28. The van der Waals surface area contributed by atoms with E-state index in [0.717, 1.165) is 31.5 Å². The Morgan fingerprint density at radius 3 is 2.73 bits per heavy atom. The number of likely N-dealkylation sites (tertiary alicyclic amines) is 1. The van der Waals surface area contributed by atoms with E-state index in [2.05, 4.69) is 64.6 Å². The van der Waals surface area contributed by atoms with E-state index in [1.165, 1.54) is 16.3 Å². The van der Waals surface area contributed by atoms with Crippen LogP contribution < -0.4 is 10.1 Å². The van der Waals surface area contributed by atoms with Crippen LogP contribution in [0.5, 0.6) is 5.88 Å². The summed E-state index contributed by atoms with van der Waals surface area (Å²) in [7, 11) is 1.59. The molecule has 2 heterocycles. The predicted octanol–water partition coefficient (Wildman–Crippen LogP) is 4.33. The van der Waals surface area contributed by atoms with Gasteiger partial charge in [0.25, 0.3) is 0 Å². The van der Waals surface area contributed by atoms with Crippen molar-refractivity contribution in [2.75, 3.05) is 20.2 Å². The molecule has 1 amide bonds. The third-order valence-electron chi connectivity index (χ3n) is 6.20. The number of fused-ring (bicyclic) bond motifs is 1. The number of rotatable bonds is 6. The van der Waals surface area contributed by atoms with Gasteiger partial charge < -0.3 is 10.1 Å². The molecular weight excluding hydrogens is 374 g/mol. The molecule has 1 saturated heterocycles. The van der Waals surface area contributed by atoms with Crippen molar-refractivity contribution >= 4 is 16.7 Å². The zero-order valence-corrected chi connectivity index (χ0v) is 17.7. The lowest BCUT2D eigenvalue weighted by Gasteiger charge is -2.36. The number of aromatic nitrogens is 1. The van der Waals surface area contributed by atoms with Gasteiger partial charge in [0.1, 0.15) is 0 Å². The number of hydrogen-bond acceptors (Lipinski definition) is 4. The molecule has 1 aliphatic rings. The minimum atomic E-state index is 0.0738. The summed E-state index contributed by atoms with van der Waals surface area (Å²) in [4.78, 5) is 19.3. The van der Waals surface area contributed by atoms with Gasteiger partial charge in [-0.3, -0.25) is 9.69 Å². The zero-order chi connectivity index (χ0) is 20.9. The summed E-state index contributed by atoms with van der Waals surface area (Å²) in [6, 6.07) is 19.2. The van der Waals surface area contributed by atoms with E-state index in [4.69, 9.17) is 4.74 Å². The maximum Gasteiger partial charge on any atom is 0.223 e. The molecule has 1 fully saturated rings. The van der Waals surface area contributed by atoms with Crippen LogP contribution in [0.3, 0.4) is 0 Å². The van der Waals surface area contributed by atoms with Crippen LogP contribution in [-0.4, -0.2) is 36.0 Å². The Morgan fingerprint density at radius 2 is 1.93 bits per heavy atom. The molecule has 156 valence electrons. The van der Waals surface area contributed by atoms with E-state index in [0.29, 0.717) is 18.5 Å². The molecule has 1 aromatic heterocycles. The van der Waals surface area contributed by atoms with Crippen LogP contribution in [0.1, 0.15) is 36.9 Å². The third-order valence-corrected chi connectivity index (χ3v) is 6.20. The number of methoxy groups -OCH3 is 1. The Morgan fingerprint density at radius 1 is 1.17 bits per heavy atom. The molecule has 0 unspecified atom stereocenters. The number of carbonyl (C=O) groups excluding carboxylic acids is 1. The minimum absolute atomic E-state index is 0.0738. The number of hydrogen-bond donors (Lipinski definition) is 1. The molecule has 0 radical (unpaired) electrons. The molecule has 0 spiro atoms. The first-order valence-electron chi connectivity index (χ1n) is 10.6. The van der Waals surface area contributed by atoms with Crippen LogP contribution in [0.4, 0.5) is 0 Å². The Bertz CT molecular complexity index is 1010. The number of nitrogens with one attached hydrogen (secondary N) is 1. The first-order valence-corrected chi connectivity index (χ1v) is 10.6. The quantitative estimate of drug-likeness (QED) is 0.665. The molecular formula is C25H29N3O2. The lowest BCUT2D eigenvalue weighted by Crippen LogP contribution is -2.41. The fourth-order valence-corrected chi connectivity index (χ4v) is 4.37. The van der Waals surface area contributed by atoms with Crippen molar-refractivity contribution < 1.29 is 9.53 Å². The largest absolute Gasteiger partial charge is 0.481 e. The molecule has 1 aliphatic heterocycles. The van der Waals surface area contributed by atoms with Crippen molar-refractivity contribution in [2.24, 2.45) is 5.92 Å². The molecule has 0 saturated carbocycles. The molecule has 3 aromatic rings. The van der Waals surface area contributed by atoms with Crippen LogP contribution in [-0.2, 0) is 11.3 Å². The number of ether oxygens (including phenoxy) is 1. The highest BCUT2D eigenvalue weighted by Crippen LogP contribution is 2.31. The van der Waals surface area contributed by atoms with Crippen molar-refractivity contribution in [3.05, 3.63) is 71.9 Å². The molecule has 2 aromatic carbocycles. The van der Waals surface area contributed by atoms with Gasteiger partial charge in [-0.05, 0) is 60.8 Å². The van der Waals surface area contributed by atoms with Gasteiger partial charge in [0, 0.05) is 30.8 Å². The van der Waals surface area contributed by atoms with Crippen molar-refractivity contribution in [3.8, 4) is 5.88 Å². The van der Waals surface area contributed by atoms with Gasteiger partial charge in [0.15, 0.2) is 0 Å². The monoisotopic (exact) mass is 403 g/mol. The van der Waals surface area contributed by atoms with Gasteiger partial charge in [0.05, 0.1) is 7.11 Å². The molecule has 0 aliphatic carbocycles. The van der Waals surface area contributed by atoms with E-state index in [-0.39, 0.29) is 11.8 Å². The molecule has 5 heteroatoms. The summed E-state index contributed by atoms with van der Waals surface area (Å²) in [5, 5.41) is 5.68.